The second kappa shape index (κ2) is 11.1. The molecule has 0 aliphatic carbocycles. The molecule has 6 nitrogen and oxygen atoms in total. The summed E-state index contributed by atoms with van der Waals surface area (Å²) in [5.41, 5.74) is 0.152. The first-order valence-electron chi connectivity index (χ1n) is 9.42. The number of halogens is 6. The zero-order valence-electron chi connectivity index (χ0n) is 16.7. The molecule has 1 atom stereocenters. The zero-order chi connectivity index (χ0) is 21.7. The van der Waals surface area contributed by atoms with Crippen LogP contribution in [-0.4, -0.2) is 46.6 Å². The van der Waals surface area contributed by atoms with E-state index in [2.05, 4.69) is 25.5 Å². The molecule has 1 aliphatic heterocycles. The van der Waals surface area contributed by atoms with E-state index < -0.39 is 18.3 Å². The van der Waals surface area contributed by atoms with E-state index in [1.807, 2.05) is 0 Å². The summed E-state index contributed by atoms with van der Waals surface area (Å²) in [5.74, 6) is 0.670. The molecular formula is C19H24F5IN6. The van der Waals surface area contributed by atoms with Crippen LogP contribution in [0.4, 0.5) is 22.0 Å². The summed E-state index contributed by atoms with van der Waals surface area (Å²) in [4.78, 5) is 10.2. The Kier molecular flexibility index (Phi) is 9.03. The van der Waals surface area contributed by atoms with E-state index in [9.17, 15) is 22.0 Å². The van der Waals surface area contributed by atoms with E-state index >= 15 is 0 Å². The van der Waals surface area contributed by atoms with Gasteiger partial charge in [0.25, 0.3) is 0 Å². The van der Waals surface area contributed by atoms with Crippen LogP contribution in [-0.2, 0) is 19.3 Å². The summed E-state index contributed by atoms with van der Waals surface area (Å²) in [6.07, 6.45) is -0.979. The fourth-order valence-electron chi connectivity index (χ4n) is 3.36. The van der Waals surface area contributed by atoms with Crippen LogP contribution in [0, 0.1) is 0 Å². The highest BCUT2D eigenvalue weighted by molar-refractivity contribution is 14.0. The van der Waals surface area contributed by atoms with E-state index in [1.54, 1.807) is 7.05 Å². The predicted molar refractivity (Wildman–Crippen MR) is 117 cm³/mol. The van der Waals surface area contributed by atoms with Gasteiger partial charge in [-0.2, -0.15) is 22.0 Å². The molecule has 2 N–H and O–H groups in total. The molecule has 1 aromatic carbocycles. The monoisotopic (exact) mass is 558 g/mol. The van der Waals surface area contributed by atoms with Crippen molar-refractivity contribution in [1.82, 2.24) is 25.1 Å². The van der Waals surface area contributed by atoms with Gasteiger partial charge in [0.15, 0.2) is 5.96 Å². The number of alkyl halides is 5. The average molecular weight is 558 g/mol. The van der Waals surface area contributed by atoms with Crippen molar-refractivity contribution in [3.8, 4) is 0 Å². The van der Waals surface area contributed by atoms with Gasteiger partial charge in [0.1, 0.15) is 5.82 Å². The number of rotatable bonds is 6. The van der Waals surface area contributed by atoms with E-state index in [-0.39, 0.29) is 42.4 Å². The number of hydrogen-bond donors (Lipinski definition) is 2. The molecule has 1 fully saturated rings. The number of guanidine groups is 1. The van der Waals surface area contributed by atoms with Gasteiger partial charge in [-0.15, -0.1) is 24.0 Å². The summed E-state index contributed by atoms with van der Waals surface area (Å²) < 4.78 is 64.6. The van der Waals surface area contributed by atoms with E-state index in [0.29, 0.717) is 19.0 Å². The van der Waals surface area contributed by atoms with E-state index in [4.69, 9.17) is 0 Å². The third-order valence-electron chi connectivity index (χ3n) is 4.90. The van der Waals surface area contributed by atoms with Crippen LogP contribution in [0.15, 0.2) is 41.7 Å². The number of nitrogens with one attached hydrogen (secondary N) is 2. The molecule has 1 aliphatic rings. The Labute approximate surface area is 193 Å². The minimum absolute atomic E-state index is 0. The summed E-state index contributed by atoms with van der Waals surface area (Å²) in [6.45, 7) is -0.542. The van der Waals surface area contributed by atoms with Crippen LogP contribution < -0.4 is 10.6 Å². The first-order valence-corrected chi connectivity index (χ1v) is 9.42. The highest BCUT2D eigenvalue weighted by Gasteiger charge is 2.30. The molecule has 0 spiro atoms. The largest absolute Gasteiger partial charge is 0.416 e. The van der Waals surface area contributed by atoms with Crippen LogP contribution in [0.2, 0.25) is 0 Å². The van der Waals surface area contributed by atoms with Gasteiger partial charge in [-0.1, -0.05) is 12.1 Å². The highest BCUT2D eigenvalue weighted by Crippen LogP contribution is 2.29. The quantitative estimate of drug-likeness (QED) is 0.245. The van der Waals surface area contributed by atoms with Crippen molar-refractivity contribution in [3.05, 3.63) is 53.6 Å². The van der Waals surface area contributed by atoms with Crippen LogP contribution in [0.1, 0.15) is 29.9 Å². The zero-order valence-corrected chi connectivity index (χ0v) is 19.1. The van der Waals surface area contributed by atoms with Gasteiger partial charge in [0.05, 0.1) is 12.1 Å². The van der Waals surface area contributed by atoms with Gasteiger partial charge in [-0.25, -0.2) is 4.98 Å². The van der Waals surface area contributed by atoms with Crippen LogP contribution in [0.5, 0.6) is 0 Å². The Hall–Kier alpha value is -1.96. The number of imidazole rings is 1. The molecule has 3 rings (SSSR count). The second-order valence-corrected chi connectivity index (χ2v) is 7.01. The molecular weight excluding hydrogens is 534 g/mol. The van der Waals surface area contributed by atoms with Crippen molar-refractivity contribution in [1.29, 1.82) is 0 Å². The molecule has 12 heteroatoms. The molecule has 1 unspecified atom stereocenters. The maximum Gasteiger partial charge on any atom is 0.416 e. The Balaban J connectivity index is 0.00000341. The van der Waals surface area contributed by atoms with Crippen LogP contribution in [0.3, 0.4) is 0 Å². The number of aliphatic imine (C=N–C) groups is 1. The minimum Gasteiger partial charge on any atom is -0.352 e. The molecule has 1 aromatic heterocycles. The molecule has 172 valence electrons. The normalized spacial score (nSPS) is 17.6. The standard InChI is InChI=1S/C19H23F5N6.HI/c1-25-18(27-10-16-26-7-9-30(16)17(20)21)28-15-6-8-29(12-15)11-13-2-4-14(5-3-13)19(22,23)24;/h2-5,7,9,15,17H,6,8,10-12H2,1H3,(H2,25,27,28);1H. The molecule has 0 bridgehead atoms. The maximum absolute atomic E-state index is 12.9. The molecule has 1 saturated heterocycles. The number of nitrogens with zero attached hydrogens (tertiary/aromatic N) is 4. The first-order chi connectivity index (χ1) is 14.3. The van der Waals surface area contributed by atoms with Gasteiger partial charge in [-0.3, -0.25) is 14.5 Å². The molecule has 0 saturated carbocycles. The van der Waals surface area contributed by atoms with Crippen molar-refractivity contribution < 1.29 is 22.0 Å². The second-order valence-electron chi connectivity index (χ2n) is 7.01. The van der Waals surface area contributed by atoms with Gasteiger partial charge in [-0.05, 0) is 24.1 Å². The fourth-order valence-corrected chi connectivity index (χ4v) is 3.36. The van der Waals surface area contributed by atoms with Crippen molar-refractivity contribution in [3.63, 3.8) is 0 Å². The maximum atomic E-state index is 12.9. The lowest BCUT2D eigenvalue weighted by Crippen LogP contribution is -2.44. The Morgan fingerprint density at radius 3 is 2.58 bits per heavy atom. The van der Waals surface area contributed by atoms with Crippen molar-refractivity contribution in [2.45, 2.75) is 38.3 Å². The van der Waals surface area contributed by atoms with E-state index in [1.165, 1.54) is 24.5 Å². The summed E-state index contributed by atoms with van der Waals surface area (Å²) in [6, 6.07) is 5.26. The molecule has 2 aromatic rings. The lowest BCUT2D eigenvalue weighted by atomic mass is 10.1. The van der Waals surface area contributed by atoms with Gasteiger partial charge in [0.2, 0.25) is 0 Å². The summed E-state index contributed by atoms with van der Waals surface area (Å²) in [7, 11) is 1.59. The predicted octanol–water partition coefficient (Wildman–Crippen LogP) is 3.85. The molecule has 31 heavy (non-hydrogen) atoms. The SMILES string of the molecule is CN=C(NCc1nccn1C(F)F)NC1CCN(Cc2ccc(C(F)(F)F)cc2)C1.I. The smallest absolute Gasteiger partial charge is 0.352 e. The topological polar surface area (TPSA) is 57.5 Å². The van der Waals surface area contributed by atoms with Crippen LogP contribution in [0.25, 0.3) is 0 Å². The number of benzene rings is 1. The van der Waals surface area contributed by atoms with Crippen molar-refractivity contribution >= 4 is 29.9 Å². The van der Waals surface area contributed by atoms with Gasteiger partial charge in [0, 0.05) is 45.1 Å². The van der Waals surface area contributed by atoms with Crippen molar-refractivity contribution in [2.75, 3.05) is 20.1 Å². The fraction of sp³-hybridized carbons (Fsp3) is 0.474. The van der Waals surface area contributed by atoms with Crippen molar-refractivity contribution in [2.24, 2.45) is 4.99 Å². The molecule has 0 radical (unpaired) electrons. The number of likely N-dealkylation sites (tertiary alicyclic amines) is 1. The number of hydrogen-bond acceptors (Lipinski definition) is 3. The molecule has 0 amide bonds. The summed E-state index contributed by atoms with van der Waals surface area (Å²) >= 11 is 0. The average Bonchev–Trinajstić information content (AvgIpc) is 3.34. The Morgan fingerprint density at radius 2 is 1.97 bits per heavy atom. The van der Waals surface area contributed by atoms with Crippen LogP contribution >= 0.6 is 24.0 Å². The third-order valence-corrected chi connectivity index (χ3v) is 4.90. The Morgan fingerprint density at radius 1 is 1.26 bits per heavy atom. The number of aromatic nitrogens is 2. The first kappa shape index (κ1) is 25.3. The van der Waals surface area contributed by atoms with Gasteiger partial charge < -0.3 is 10.6 Å². The lowest BCUT2D eigenvalue weighted by Gasteiger charge is -2.19. The highest BCUT2D eigenvalue weighted by atomic mass is 127. The Bertz CT molecular complexity index is 852. The van der Waals surface area contributed by atoms with Gasteiger partial charge >= 0.3 is 12.7 Å². The molecule has 2 heterocycles. The lowest BCUT2D eigenvalue weighted by molar-refractivity contribution is -0.137. The van der Waals surface area contributed by atoms with E-state index in [0.717, 1.165) is 35.2 Å². The third kappa shape index (κ3) is 7.02. The minimum atomic E-state index is -4.34. The summed E-state index contributed by atoms with van der Waals surface area (Å²) in [5, 5.41) is 6.22.